The van der Waals surface area contributed by atoms with Crippen molar-refractivity contribution in [3.05, 3.63) is 58.5 Å². The van der Waals surface area contributed by atoms with Crippen molar-refractivity contribution in [1.82, 2.24) is 19.3 Å². The first-order chi connectivity index (χ1) is 16.5. The third-order valence-electron chi connectivity index (χ3n) is 6.69. The monoisotopic (exact) mass is 477 g/mol. The highest BCUT2D eigenvalue weighted by molar-refractivity contribution is 7.81. The molecule has 3 aromatic rings. The molecule has 0 radical (unpaired) electrons. The second-order valence-electron chi connectivity index (χ2n) is 8.92. The molecule has 9 nitrogen and oxygen atoms in total. The SMILES string of the molecule is Cc1c(N2CCc3cnc(Nc4ccc5c(c4)CN(C)S(=O)C5)nc3C2)cnc2c1NCCO2. The average molecular weight is 478 g/mol. The van der Waals surface area contributed by atoms with Gasteiger partial charge in [-0.1, -0.05) is 6.07 Å². The fraction of sp³-hybridized carbons (Fsp3) is 0.375. The maximum atomic E-state index is 12.1. The number of pyridine rings is 1. The summed E-state index contributed by atoms with van der Waals surface area (Å²) < 4.78 is 19.6. The zero-order valence-electron chi connectivity index (χ0n) is 19.3. The van der Waals surface area contributed by atoms with Crippen LogP contribution in [0.15, 0.2) is 30.6 Å². The van der Waals surface area contributed by atoms with Gasteiger partial charge < -0.3 is 20.3 Å². The molecule has 1 unspecified atom stereocenters. The Morgan fingerprint density at radius 2 is 2.06 bits per heavy atom. The number of hydrogen-bond donors (Lipinski definition) is 2. The molecule has 2 aromatic heterocycles. The molecule has 0 saturated carbocycles. The molecular formula is C24H27N7O2S. The number of ether oxygens (including phenoxy) is 1. The topological polar surface area (TPSA) is 95.5 Å². The Labute approximate surface area is 201 Å². The van der Waals surface area contributed by atoms with Gasteiger partial charge in [0.25, 0.3) is 0 Å². The molecule has 0 spiro atoms. The summed E-state index contributed by atoms with van der Waals surface area (Å²) in [6.45, 7) is 5.82. The average Bonchev–Trinajstić information content (AvgIpc) is 2.85. The Morgan fingerprint density at radius 1 is 1.15 bits per heavy atom. The van der Waals surface area contributed by atoms with Gasteiger partial charge in [0.05, 0.1) is 40.9 Å². The van der Waals surface area contributed by atoms with Crippen LogP contribution in [0.1, 0.15) is 27.9 Å². The zero-order valence-corrected chi connectivity index (χ0v) is 20.1. The molecule has 3 aliphatic heterocycles. The van der Waals surface area contributed by atoms with Crippen LogP contribution in [0.2, 0.25) is 0 Å². The first-order valence-corrected chi connectivity index (χ1v) is 12.8. The van der Waals surface area contributed by atoms with Gasteiger partial charge in [0, 0.05) is 44.1 Å². The molecule has 1 aromatic carbocycles. The minimum Gasteiger partial charge on any atom is -0.474 e. The van der Waals surface area contributed by atoms with Gasteiger partial charge in [-0.15, -0.1) is 0 Å². The lowest BCUT2D eigenvalue weighted by molar-refractivity contribution is 0.310. The number of rotatable bonds is 3. The minimum absolute atomic E-state index is 0.565. The summed E-state index contributed by atoms with van der Waals surface area (Å²) in [5.41, 5.74) is 8.71. The highest BCUT2D eigenvalue weighted by Crippen LogP contribution is 2.36. The van der Waals surface area contributed by atoms with Crippen molar-refractivity contribution >= 4 is 34.0 Å². The lowest BCUT2D eigenvalue weighted by Gasteiger charge is -2.32. The summed E-state index contributed by atoms with van der Waals surface area (Å²) in [5.74, 6) is 1.83. The van der Waals surface area contributed by atoms with Crippen molar-refractivity contribution in [3.63, 3.8) is 0 Å². The van der Waals surface area contributed by atoms with E-state index >= 15 is 0 Å². The van der Waals surface area contributed by atoms with Crippen LogP contribution in [-0.4, -0.2) is 50.2 Å². The first kappa shape index (κ1) is 21.3. The summed E-state index contributed by atoms with van der Waals surface area (Å²) in [5, 5.41) is 6.79. The largest absolute Gasteiger partial charge is 0.474 e. The third kappa shape index (κ3) is 3.86. The Morgan fingerprint density at radius 3 is 2.97 bits per heavy atom. The second kappa shape index (κ2) is 8.52. The highest BCUT2D eigenvalue weighted by Gasteiger charge is 2.24. The van der Waals surface area contributed by atoms with E-state index in [0.717, 1.165) is 53.4 Å². The Balaban J connectivity index is 1.23. The number of anilines is 4. The van der Waals surface area contributed by atoms with E-state index in [9.17, 15) is 4.21 Å². The predicted octanol–water partition coefficient (Wildman–Crippen LogP) is 2.90. The van der Waals surface area contributed by atoms with E-state index < -0.39 is 11.0 Å². The summed E-state index contributed by atoms with van der Waals surface area (Å²) in [7, 11) is 0.943. The van der Waals surface area contributed by atoms with Gasteiger partial charge in [-0.2, -0.15) is 0 Å². The summed E-state index contributed by atoms with van der Waals surface area (Å²) in [6.07, 6.45) is 4.73. The molecule has 176 valence electrons. The number of aromatic nitrogens is 3. The summed E-state index contributed by atoms with van der Waals surface area (Å²) >= 11 is 0. The van der Waals surface area contributed by atoms with E-state index in [4.69, 9.17) is 9.72 Å². The number of benzene rings is 1. The normalized spacial score (nSPS) is 19.4. The van der Waals surface area contributed by atoms with Crippen LogP contribution < -0.4 is 20.3 Å². The molecule has 0 bridgehead atoms. The molecule has 6 rings (SSSR count). The van der Waals surface area contributed by atoms with Crippen molar-refractivity contribution in [2.75, 3.05) is 42.3 Å². The third-order valence-corrected chi connectivity index (χ3v) is 8.07. The Hall–Kier alpha value is -3.24. The van der Waals surface area contributed by atoms with E-state index in [1.165, 1.54) is 11.1 Å². The number of nitrogens with one attached hydrogen (secondary N) is 2. The molecule has 10 heteroatoms. The molecule has 0 saturated heterocycles. The van der Waals surface area contributed by atoms with Gasteiger partial charge in [0.2, 0.25) is 11.8 Å². The van der Waals surface area contributed by atoms with Crippen molar-refractivity contribution in [2.45, 2.75) is 32.2 Å². The molecule has 3 aliphatic rings. The van der Waals surface area contributed by atoms with Gasteiger partial charge in [-0.3, -0.25) is 0 Å². The fourth-order valence-electron chi connectivity index (χ4n) is 4.77. The first-order valence-electron chi connectivity index (χ1n) is 11.5. The smallest absolute Gasteiger partial charge is 0.237 e. The van der Waals surface area contributed by atoms with Crippen LogP contribution in [0.25, 0.3) is 0 Å². The lowest BCUT2D eigenvalue weighted by atomic mass is 10.0. The molecule has 5 heterocycles. The van der Waals surface area contributed by atoms with Gasteiger partial charge in [-0.25, -0.2) is 23.5 Å². The quantitative estimate of drug-likeness (QED) is 0.595. The molecular weight excluding hydrogens is 450 g/mol. The Bertz CT molecular complexity index is 1300. The van der Waals surface area contributed by atoms with Crippen LogP contribution in [0.4, 0.5) is 23.0 Å². The van der Waals surface area contributed by atoms with E-state index in [2.05, 4.69) is 38.5 Å². The molecule has 1 atom stereocenters. The van der Waals surface area contributed by atoms with Crippen LogP contribution in [0, 0.1) is 6.92 Å². The van der Waals surface area contributed by atoms with Crippen LogP contribution >= 0.6 is 0 Å². The predicted molar refractivity (Wildman–Crippen MR) is 133 cm³/mol. The van der Waals surface area contributed by atoms with Crippen molar-refractivity contribution in [1.29, 1.82) is 0 Å². The summed E-state index contributed by atoms with van der Waals surface area (Å²) in [6, 6.07) is 6.16. The van der Waals surface area contributed by atoms with Gasteiger partial charge in [0.15, 0.2) is 0 Å². The van der Waals surface area contributed by atoms with Crippen molar-refractivity contribution < 1.29 is 8.95 Å². The van der Waals surface area contributed by atoms with Crippen LogP contribution in [0.5, 0.6) is 5.88 Å². The van der Waals surface area contributed by atoms with Crippen LogP contribution in [0.3, 0.4) is 0 Å². The highest BCUT2D eigenvalue weighted by atomic mass is 32.2. The molecule has 0 amide bonds. The fourth-order valence-corrected chi connectivity index (χ4v) is 5.83. The number of nitrogens with zero attached hydrogens (tertiary/aromatic N) is 5. The van der Waals surface area contributed by atoms with Crippen molar-refractivity contribution in [2.24, 2.45) is 0 Å². The maximum Gasteiger partial charge on any atom is 0.237 e. The standard InChI is InChI=1S/C24H27N7O2S/c1-15-21(11-26-23-22(15)25-6-8-33-23)31-7-5-16-10-27-24(29-20(16)13-31)28-19-4-3-17-14-34(32)30(2)12-18(17)9-19/h3-4,9-11,25H,5-8,12-14H2,1-2H3,(H,27,28,29). The molecule has 0 aliphatic carbocycles. The van der Waals surface area contributed by atoms with Gasteiger partial charge in [0.1, 0.15) is 12.3 Å². The van der Waals surface area contributed by atoms with Crippen LogP contribution in [-0.2, 0) is 36.2 Å². The van der Waals surface area contributed by atoms with E-state index in [1.807, 2.05) is 35.9 Å². The molecule has 0 fully saturated rings. The lowest BCUT2D eigenvalue weighted by Crippen LogP contribution is -2.32. The second-order valence-corrected chi connectivity index (χ2v) is 10.5. The van der Waals surface area contributed by atoms with E-state index in [1.54, 1.807) is 0 Å². The van der Waals surface area contributed by atoms with Crippen molar-refractivity contribution in [3.8, 4) is 5.88 Å². The zero-order chi connectivity index (χ0) is 23.2. The number of fused-ring (bicyclic) bond motifs is 3. The Kier molecular flexibility index (Phi) is 5.34. The minimum atomic E-state index is -0.946. The van der Waals surface area contributed by atoms with E-state index in [0.29, 0.717) is 37.3 Å². The van der Waals surface area contributed by atoms with Gasteiger partial charge >= 0.3 is 0 Å². The maximum absolute atomic E-state index is 12.1. The molecule has 34 heavy (non-hydrogen) atoms. The number of hydrogen-bond acceptors (Lipinski definition) is 8. The van der Waals surface area contributed by atoms with Gasteiger partial charge in [-0.05, 0) is 42.2 Å². The van der Waals surface area contributed by atoms with E-state index in [-0.39, 0.29) is 0 Å². The molecule has 2 N–H and O–H groups in total. The summed E-state index contributed by atoms with van der Waals surface area (Å²) in [4.78, 5) is 16.3.